The van der Waals surface area contributed by atoms with E-state index in [1.165, 1.54) is 30.0 Å². The number of benzene rings is 3. The molecule has 3 aromatic rings. The van der Waals surface area contributed by atoms with E-state index in [1.54, 1.807) is 38.1 Å². The number of thioether (sulfide) groups is 1. The van der Waals surface area contributed by atoms with Crippen molar-refractivity contribution in [2.24, 2.45) is 5.92 Å². The van der Waals surface area contributed by atoms with Crippen LogP contribution in [-0.4, -0.2) is 26.5 Å². The number of para-hydroxylation sites is 1. The Kier molecular flexibility index (Phi) is 8.36. The fourth-order valence-electron chi connectivity index (χ4n) is 3.08. The van der Waals surface area contributed by atoms with Gasteiger partial charge in [-0.25, -0.2) is 8.42 Å². The highest BCUT2D eigenvalue weighted by molar-refractivity contribution is 7.98. The second-order valence-electron chi connectivity index (χ2n) is 7.83. The Hall–Kier alpha value is -3.30. The largest absolute Gasteiger partial charge is 0.348 e. The molecular formula is C25H27N3O4S2. The van der Waals surface area contributed by atoms with Gasteiger partial charge in [0.1, 0.15) is 0 Å². The molecule has 0 bridgehead atoms. The third kappa shape index (κ3) is 6.39. The average molecular weight is 498 g/mol. The number of amides is 2. The lowest BCUT2D eigenvalue weighted by Gasteiger charge is -2.15. The Morgan fingerprint density at radius 2 is 1.59 bits per heavy atom. The lowest BCUT2D eigenvalue weighted by molar-refractivity contribution is -0.118. The van der Waals surface area contributed by atoms with E-state index >= 15 is 0 Å². The minimum Gasteiger partial charge on any atom is -0.348 e. The van der Waals surface area contributed by atoms with Crippen molar-refractivity contribution in [2.75, 3.05) is 16.3 Å². The topological polar surface area (TPSA) is 104 Å². The Balaban J connectivity index is 1.84. The summed E-state index contributed by atoms with van der Waals surface area (Å²) in [5, 5.41) is 5.60. The molecule has 3 aromatic carbocycles. The van der Waals surface area contributed by atoms with E-state index in [2.05, 4.69) is 15.4 Å². The molecule has 34 heavy (non-hydrogen) atoms. The summed E-state index contributed by atoms with van der Waals surface area (Å²) in [6.45, 7) is 3.84. The molecule has 0 saturated carbocycles. The van der Waals surface area contributed by atoms with E-state index in [9.17, 15) is 18.0 Å². The molecule has 0 aliphatic carbocycles. The van der Waals surface area contributed by atoms with E-state index in [1.807, 2.05) is 36.6 Å². The van der Waals surface area contributed by atoms with Crippen LogP contribution in [0.4, 0.5) is 11.4 Å². The number of sulfonamides is 1. The van der Waals surface area contributed by atoms with Crippen LogP contribution in [0.3, 0.4) is 0 Å². The maximum Gasteiger partial charge on any atom is 0.261 e. The first kappa shape index (κ1) is 25.3. The minimum absolute atomic E-state index is 0.0242. The second-order valence-corrected chi connectivity index (χ2v) is 10.4. The molecule has 0 aliphatic rings. The van der Waals surface area contributed by atoms with E-state index in [0.717, 1.165) is 10.5 Å². The lowest BCUT2D eigenvalue weighted by Crippen LogP contribution is -2.25. The predicted octanol–water partition coefficient (Wildman–Crippen LogP) is 4.73. The van der Waals surface area contributed by atoms with Gasteiger partial charge >= 0.3 is 0 Å². The summed E-state index contributed by atoms with van der Waals surface area (Å²) in [7, 11) is -4.03. The normalized spacial score (nSPS) is 11.2. The molecule has 0 aliphatic heterocycles. The molecule has 0 unspecified atom stereocenters. The molecule has 0 spiro atoms. The van der Waals surface area contributed by atoms with E-state index in [4.69, 9.17) is 0 Å². The summed E-state index contributed by atoms with van der Waals surface area (Å²) in [5.41, 5.74) is 1.72. The number of anilines is 2. The van der Waals surface area contributed by atoms with Crippen molar-refractivity contribution in [1.82, 2.24) is 5.32 Å². The SMILES string of the molecule is CSc1ccc(S(=O)(=O)Nc2ccccc2C(=O)NCc2ccccc2)cc1NC(=O)C(C)C. The van der Waals surface area contributed by atoms with Gasteiger partial charge in [-0.15, -0.1) is 11.8 Å². The number of hydrogen-bond donors (Lipinski definition) is 3. The Morgan fingerprint density at radius 3 is 2.26 bits per heavy atom. The molecule has 0 atom stereocenters. The van der Waals surface area contributed by atoms with Gasteiger partial charge in [-0.05, 0) is 42.2 Å². The van der Waals surface area contributed by atoms with Gasteiger partial charge in [-0.1, -0.05) is 56.3 Å². The monoisotopic (exact) mass is 497 g/mol. The molecule has 178 valence electrons. The summed E-state index contributed by atoms with van der Waals surface area (Å²) in [4.78, 5) is 25.7. The molecule has 0 aromatic heterocycles. The number of rotatable bonds is 9. The lowest BCUT2D eigenvalue weighted by atomic mass is 10.1. The van der Waals surface area contributed by atoms with E-state index < -0.39 is 15.9 Å². The first-order valence-corrected chi connectivity index (χ1v) is 13.3. The van der Waals surface area contributed by atoms with Crippen molar-refractivity contribution in [3.05, 3.63) is 83.9 Å². The maximum absolute atomic E-state index is 13.2. The van der Waals surface area contributed by atoms with E-state index in [-0.39, 0.29) is 28.0 Å². The van der Waals surface area contributed by atoms with Gasteiger partial charge in [0.15, 0.2) is 0 Å². The molecule has 0 saturated heterocycles. The fraction of sp³-hybridized carbons (Fsp3) is 0.200. The molecule has 3 N–H and O–H groups in total. The highest BCUT2D eigenvalue weighted by atomic mass is 32.2. The third-order valence-electron chi connectivity index (χ3n) is 4.98. The molecule has 2 amide bonds. The van der Waals surface area contributed by atoms with Crippen molar-refractivity contribution in [3.8, 4) is 0 Å². The van der Waals surface area contributed by atoms with Crippen LogP contribution in [0.25, 0.3) is 0 Å². The summed E-state index contributed by atoms with van der Waals surface area (Å²) in [5.74, 6) is -0.864. The van der Waals surface area contributed by atoms with E-state index in [0.29, 0.717) is 12.2 Å². The number of nitrogens with one attached hydrogen (secondary N) is 3. The van der Waals surface area contributed by atoms with Gasteiger partial charge in [0, 0.05) is 17.4 Å². The van der Waals surface area contributed by atoms with Crippen LogP contribution >= 0.6 is 11.8 Å². The first-order valence-electron chi connectivity index (χ1n) is 10.6. The maximum atomic E-state index is 13.2. The molecule has 0 radical (unpaired) electrons. The van der Waals surface area contributed by atoms with Crippen molar-refractivity contribution in [1.29, 1.82) is 0 Å². The van der Waals surface area contributed by atoms with Gasteiger partial charge in [-0.3, -0.25) is 14.3 Å². The van der Waals surface area contributed by atoms with Crippen LogP contribution in [0.2, 0.25) is 0 Å². The van der Waals surface area contributed by atoms with Crippen LogP contribution < -0.4 is 15.4 Å². The van der Waals surface area contributed by atoms with Gasteiger partial charge < -0.3 is 10.6 Å². The highest BCUT2D eigenvalue weighted by Crippen LogP contribution is 2.30. The Morgan fingerprint density at radius 1 is 0.912 bits per heavy atom. The summed E-state index contributed by atoms with van der Waals surface area (Å²) in [6.07, 6.45) is 1.84. The molecular weight excluding hydrogens is 470 g/mol. The van der Waals surface area contributed by atoms with Crippen molar-refractivity contribution < 1.29 is 18.0 Å². The second kappa shape index (κ2) is 11.2. The van der Waals surface area contributed by atoms with Gasteiger partial charge in [0.25, 0.3) is 15.9 Å². The summed E-state index contributed by atoms with van der Waals surface area (Å²) >= 11 is 1.40. The smallest absolute Gasteiger partial charge is 0.261 e. The summed E-state index contributed by atoms with van der Waals surface area (Å²) < 4.78 is 28.8. The van der Waals surface area contributed by atoms with Crippen molar-refractivity contribution in [2.45, 2.75) is 30.2 Å². The Bertz CT molecular complexity index is 1280. The van der Waals surface area contributed by atoms with Crippen molar-refractivity contribution in [3.63, 3.8) is 0 Å². The third-order valence-corrected chi connectivity index (χ3v) is 7.13. The number of carbonyl (C=O) groups excluding carboxylic acids is 2. The molecule has 0 fully saturated rings. The van der Waals surface area contributed by atoms with Crippen LogP contribution in [0.1, 0.15) is 29.8 Å². The van der Waals surface area contributed by atoms with Crippen LogP contribution in [0, 0.1) is 5.92 Å². The van der Waals surface area contributed by atoms with Crippen molar-refractivity contribution >= 4 is 45.0 Å². The zero-order chi connectivity index (χ0) is 24.7. The fourth-order valence-corrected chi connectivity index (χ4v) is 4.72. The van der Waals surface area contributed by atoms with Gasteiger partial charge in [0.2, 0.25) is 5.91 Å². The van der Waals surface area contributed by atoms with Gasteiger partial charge in [0.05, 0.1) is 21.8 Å². The average Bonchev–Trinajstić information content (AvgIpc) is 2.83. The zero-order valence-corrected chi connectivity index (χ0v) is 20.8. The standard InChI is InChI=1S/C25H27N3O4S2/c1-17(2)24(29)27-22-15-19(13-14-23(22)33-3)34(31,32)28-21-12-8-7-11-20(21)25(30)26-16-18-9-5-4-6-10-18/h4-15,17,28H,16H2,1-3H3,(H,26,30)(H,27,29). The summed E-state index contributed by atoms with van der Waals surface area (Å²) in [6, 6.07) is 20.4. The molecule has 3 rings (SSSR count). The predicted molar refractivity (Wildman–Crippen MR) is 137 cm³/mol. The first-order chi connectivity index (χ1) is 16.2. The van der Waals surface area contributed by atoms with Crippen LogP contribution in [-0.2, 0) is 21.4 Å². The Labute approximate surface area is 204 Å². The van der Waals surface area contributed by atoms with Crippen LogP contribution in [0.15, 0.2) is 82.6 Å². The quantitative estimate of drug-likeness (QED) is 0.371. The highest BCUT2D eigenvalue weighted by Gasteiger charge is 2.21. The number of carbonyl (C=O) groups is 2. The van der Waals surface area contributed by atoms with Gasteiger partial charge in [-0.2, -0.15) is 0 Å². The molecule has 7 nitrogen and oxygen atoms in total. The minimum atomic E-state index is -4.03. The van der Waals surface area contributed by atoms with Crippen LogP contribution in [0.5, 0.6) is 0 Å². The number of hydrogen-bond acceptors (Lipinski definition) is 5. The molecule has 0 heterocycles. The molecule has 9 heteroatoms. The zero-order valence-electron chi connectivity index (χ0n) is 19.2.